The van der Waals surface area contributed by atoms with E-state index in [1.165, 1.54) is 0 Å². The molecule has 3 nitrogen and oxygen atoms in total. The molecule has 0 amide bonds. The zero-order chi connectivity index (χ0) is 13.1. The van der Waals surface area contributed by atoms with E-state index >= 15 is 0 Å². The van der Waals surface area contributed by atoms with E-state index < -0.39 is 0 Å². The number of pyridine rings is 1. The molecule has 0 bridgehead atoms. The van der Waals surface area contributed by atoms with Crippen molar-refractivity contribution in [1.29, 1.82) is 0 Å². The van der Waals surface area contributed by atoms with Gasteiger partial charge in [-0.15, -0.1) is 0 Å². The Balaban J connectivity index is 2.61. The van der Waals surface area contributed by atoms with Crippen molar-refractivity contribution in [3.05, 3.63) is 52.8 Å². The van der Waals surface area contributed by atoms with Gasteiger partial charge in [0.15, 0.2) is 0 Å². The Labute approximate surface area is 107 Å². The van der Waals surface area contributed by atoms with E-state index in [0.29, 0.717) is 18.2 Å². The zero-order valence-electron chi connectivity index (χ0n) is 10.8. The van der Waals surface area contributed by atoms with Crippen molar-refractivity contribution in [3.63, 3.8) is 0 Å². The molecule has 0 aliphatic heterocycles. The number of nitrogens with two attached hydrogens (primary N) is 1. The summed E-state index contributed by atoms with van der Waals surface area (Å²) in [6, 6.07) is 13.5. The standard InChI is InChI=1S/C15H18N2O/c1-11(2)10-17-14(9-8-13(16)15(17)18)12-6-4-3-5-7-12/h3-9,11H,10,16H2,1-2H3. The second-order valence-electron chi connectivity index (χ2n) is 4.85. The zero-order valence-corrected chi connectivity index (χ0v) is 10.8. The largest absolute Gasteiger partial charge is 0.394 e. The van der Waals surface area contributed by atoms with E-state index in [9.17, 15) is 4.79 Å². The fourth-order valence-electron chi connectivity index (χ4n) is 2.00. The van der Waals surface area contributed by atoms with Gasteiger partial charge < -0.3 is 10.3 Å². The Hall–Kier alpha value is -2.03. The van der Waals surface area contributed by atoms with E-state index in [1.54, 1.807) is 10.6 Å². The van der Waals surface area contributed by atoms with Gasteiger partial charge in [0.05, 0.1) is 11.4 Å². The van der Waals surface area contributed by atoms with Gasteiger partial charge in [0.2, 0.25) is 0 Å². The van der Waals surface area contributed by atoms with E-state index in [-0.39, 0.29) is 5.56 Å². The summed E-state index contributed by atoms with van der Waals surface area (Å²) in [6.07, 6.45) is 0. The third-order valence-electron chi connectivity index (χ3n) is 2.82. The molecule has 1 heterocycles. The molecule has 0 unspecified atom stereocenters. The van der Waals surface area contributed by atoms with Crippen LogP contribution in [-0.2, 0) is 6.54 Å². The van der Waals surface area contributed by atoms with Crippen LogP contribution >= 0.6 is 0 Å². The first-order valence-electron chi connectivity index (χ1n) is 6.14. The highest BCUT2D eigenvalue weighted by atomic mass is 16.1. The van der Waals surface area contributed by atoms with Gasteiger partial charge in [-0.25, -0.2) is 0 Å². The molecule has 0 fully saturated rings. The average molecular weight is 242 g/mol. The third kappa shape index (κ3) is 2.45. The summed E-state index contributed by atoms with van der Waals surface area (Å²) in [5, 5.41) is 0. The van der Waals surface area contributed by atoms with Crippen LogP contribution in [0.15, 0.2) is 47.3 Å². The Morgan fingerprint density at radius 1 is 1.11 bits per heavy atom. The van der Waals surface area contributed by atoms with Crippen LogP contribution in [0.5, 0.6) is 0 Å². The molecule has 2 N–H and O–H groups in total. The van der Waals surface area contributed by atoms with E-state index in [4.69, 9.17) is 5.73 Å². The van der Waals surface area contributed by atoms with E-state index in [0.717, 1.165) is 11.3 Å². The Kier molecular flexibility index (Phi) is 3.51. The number of anilines is 1. The van der Waals surface area contributed by atoms with Gasteiger partial charge in [-0.2, -0.15) is 0 Å². The van der Waals surface area contributed by atoms with Crippen molar-refractivity contribution < 1.29 is 0 Å². The molecular weight excluding hydrogens is 224 g/mol. The highest BCUT2D eigenvalue weighted by Crippen LogP contribution is 2.19. The van der Waals surface area contributed by atoms with Crippen molar-refractivity contribution in [2.24, 2.45) is 5.92 Å². The molecule has 0 aliphatic rings. The molecule has 0 aliphatic carbocycles. The molecule has 1 aromatic carbocycles. The summed E-state index contributed by atoms with van der Waals surface area (Å²) >= 11 is 0. The molecule has 0 spiro atoms. The molecular formula is C15H18N2O. The molecule has 0 atom stereocenters. The molecule has 0 radical (unpaired) electrons. The monoisotopic (exact) mass is 242 g/mol. The van der Waals surface area contributed by atoms with Crippen molar-refractivity contribution in [2.75, 3.05) is 5.73 Å². The number of nitrogens with zero attached hydrogens (tertiary/aromatic N) is 1. The third-order valence-corrected chi connectivity index (χ3v) is 2.82. The molecule has 18 heavy (non-hydrogen) atoms. The van der Waals surface area contributed by atoms with Crippen LogP contribution in [0.2, 0.25) is 0 Å². The minimum atomic E-state index is -0.106. The second-order valence-corrected chi connectivity index (χ2v) is 4.85. The lowest BCUT2D eigenvalue weighted by Gasteiger charge is -2.15. The summed E-state index contributed by atoms with van der Waals surface area (Å²) in [5.41, 5.74) is 7.86. The quantitative estimate of drug-likeness (QED) is 0.899. The summed E-state index contributed by atoms with van der Waals surface area (Å²) in [6.45, 7) is 4.85. The average Bonchev–Trinajstić information content (AvgIpc) is 2.36. The molecule has 94 valence electrons. The molecule has 3 heteroatoms. The van der Waals surface area contributed by atoms with Crippen LogP contribution in [0.25, 0.3) is 11.3 Å². The van der Waals surface area contributed by atoms with Crippen LogP contribution in [0, 0.1) is 5.92 Å². The smallest absolute Gasteiger partial charge is 0.274 e. The van der Waals surface area contributed by atoms with Crippen LogP contribution < -0.4 is 11.3 Å². The number of aromatic nitrogens is 1. The Morgan fingerprint density at radius 3 is 2.39 bits per heavy atom. The number of benzene rings is 1. The SMILES string of the molecule is CC(C)Cn1c(-c2ccccc2)ccc(N)c1=O. The number of rotatable bonds is 3. The van der Waals surface area contributed by atoms with Gasteiger partial charge in [0.25, 0.3) is 5.56 Å². The molecule has 0 saturated carbocycles. The van der Waals surface area contributed by atoms with Gasteiger partial charge in [0.1, 0.15) is 0 Å². The Morgan fingerprint density at radius 2 is 1.78 bits per heavy atom. The fraction of sp³-hybridized carbons (Fsp3) is 0.267. The van der Waals surface area contributed by atoms with Crippen molar-refractivity contribution in [2.45, 2.75) is 20.4 Å². The number of nitrogen functional groups attached to an aromatic ring is 1. The lowest BCUT2D eigenvalue weighted by atomic mass is 10.1. The predicted octanol–water partition coefficient (Wildman–Crippen LogP) is 2.75. The first-order chi connectivity index (χ1) is 8.59. The number of hydrogen-bond donors (Lipinski definition) is 1. The number of hydrogen-bond acceptors (Lipinski definition) is 2. The fourth-order valence-corrected chi connectivity index (χ4v) is 2.00. The van der Waals surface area contributed by atoms with Gasteiger partial charge >= 0.3 is 0 Å². The van der Waals surface area contributed by atoms with E-state index in [2.05, 4.69) is 13.8 Å². The minimum absolute atomic E-state index is 0.106. The van der Waals surface area contributed by atoms with E-state index in [1.807, 2.05) is 36.4 Å². The van der Waals surface area contributed by atoms with Gasteiger partial charge in [-0.1, -0.05) is 44.2 Å². The highest BCUT2D eigenvalue weighted by Gasteiger charge is 2.09. The van der Waals surface area contributed by atoms with Gasteiger partial charge in [-0.3, -0.25) is 4.79 Å². The van der Waals surface area contributed by atoms with Gasteiger partial charge in [-0.05, 0) is 23.6 Å². The summed E-state index contributed by atoms with van der Waals surface area (Å²) in [5.74, 6) is 0.395. The molecule has 0 saturated heterocycles. The minimum Gasteiger partial charge on any atom is -0.394 e. The van der Waals surface area contributed by atoms with Crippen molar-refractivity contribution in [3.8, 4) is 11.3 Å². The van der Waals surface area contributed by atoms with Crippen molar-refractivity contribution >= 4 is 5.69 Å². The first kappa shape index (κ1) is 12.4. The summed E-state index contributed by atoms with van der Waals surface area (Å²) in [7, 11) is 0. The predicted molar refractivity (Wildman–Crippen MR) is 75.4 cm³/mol. The van der Waals surface area contributed by atoms with Crippen LogP contribution in [0.3, 0.4) is 0 Å². The highest BCUT2D eigenvalue weighted by molar-refractivity contribution is 5.61. The van der Waals surface area contributed by atoms with Crippen LogP contribution in [0.1, 0.15) is 13.8 Å². The summed E-state index contributed by atoms with van der Waals surface area (Å²) < 4.78 is 1.76. The molecule has 1 aromatic heterocycles. The lowest BCUT2D eigenvalue weighted by molar-refractivity contribution is 0.516. The topological polar surface area (TPSA) is 48.0 Å². The lowest BCUT2D eigenvalue weighted by Crippen LogP contribution is -2.26. The Bertz CT molecular complexity index is 585. The second kappa shape index (κ2) is 5.08. The summed E-state index contributed by atoms with van der Waals surface area (Å²) in [4.78, 5) is 12.1. The van der Waals surface area contributed by atoms with Gasteiger partial charge in [0, 0.05) is 6.54 Å². The molecule has 2 aromatic rings. The maximum Gasteiger partial charge on any atom is 0.274 e. The maximum atomic E-state index is 12.1. The van der Waals surface area contributed by atoms with Crippen LogP contribution in [-0.4, -0.2) is 4.57 Å². The van der Waals surface area contributed by atoms with Crippen molar-refractivity contribution in [1.82, 2.24) is 4.57 Å². The van der Waals surface area contributed by atoms with Crippen LogP contribution in [0.4, 0.5) is 5.69 Å². The normalized spacial score (nSPS) is 10.8. The maximum absolute atomic E-state index is 12.1. The molecule has 2 rings (SSSR count). The first-order valence-corrected chi connectivity index (χ1v) is 6.14.